The Morgan fingerprint density at radius 1 is 1.38 bits per heavy atom. The zero-order chi connectivity index (χ0) is 10.5. The zero-order valence-electron chi connectivity index (χ0n) is 9.22. The van der Waals surface area contributed by atoms with Gasteiger partial charge in [-0.3, -0.25) is 0 Å². The predicted molar refractivity (Wildman–Crippen MR) is 57.0 cm³/mol. The number of aromatic nitrogens is 3. The Morgan fingerprint density at radius 3 is 3.19 bits per heavy atom. The highest BCUT2D eigenvalue weighted by atomic mass is 16.5. The summed E-state index contributed by atoms with van der Waals surface area (Å²) in [4.78, 5) is 0. The van der Waals surface area contributed by atoms with Crippen LogP contribution in [0.4, 0.5) is 0 Å². The monoisotopic (exact) mass is 220 g/mol. The molecule has 0 aromatic carbocycles. The normalized spacial score (nSPS) is 36.6. The van der Waals surface area contributed by atoms with Crippen LogP contribution >= 0.6 is 0 Å². The van der Waals surface area contributed by atoms with E-state index in [1.165, 1.54) is 18.5 Å². The molecule has 2 fully saturated rings. The molecular formula is C11H16N4O. The lowest BCUT2D eigenvalue weighted by Crippen LogP contribution is -2.28. The molecule has 5 nitrogen and oxygen atoms in total. The van der Waals surface area contributed by atoms with E-state index in [-0.39, 0.29) is 0 Å². The summed E-state index contributed by atoms with van der Waals surface area (Å²) in [6.45, 7) is 1.92. The van der Waals surface area contributed by atoms with Crippen molar-refractivity contribution >= 4 is 0 Å². The molecule has 0 saturated carbocycles. The molecule has 2 bridgehead atoms. The van der Waals surface area contributed by atoms with Gasteiger partial charge >= 0.3 is 0 Å². The molecule has 16 heavy (non-hydrogen) atoms. The standard InChI is InChI=1S/C11H16N4O/c1-2-11-10(5-7(1)16-11)15-9-3-4-12-6-8(9)13-14-15/h7,10-12H,1-6H2. The molecule has 2 saturated heterocycles. The molecule has 1 aromatic heterocycles. The maximum atomic E-state index is 5.90. The van der Waals surface area contributed by atoms with Crippen LogP contribution in [0.1, 0.15) is 36.7 Å². The molecule has 0 spiro atoms. The topological polar surface area (TPSA) is 52.0 Å². The third-order valence-electron chi connectivity index (χ3n) is 4.09. The maximum Gasteiger partial charge on any atom is 0.0997 e. The van der Waals surface area contributed by atoms with Gasteiger partial charge in [0.05, 0.1) is 29.6 Å². The van der Waals surface area contributed by atoms with Gasteiger partial charge in [-0.05, 0) is 19.3 Å². The Hall–Kier alpha value is -0.940. The zero-order valence-corrected chi connectivity index (χ0v) is 9.22. The van der Waals surface area contributed by atoms with Crippen LogP contribution in [0.5, 0.6) is 0 Å². The van der Waals surface area contributed by atoms with E-state index in [4.69, 9.17) is 4.74 Å². The maximum absolute atomic E-state index is 5.90. The van der Waals surface area contributed by atoms with E-state index in [1.54, 1.807) is 0 Å². The van der Waals surface area contributed by atoms with Gasteiger partial charge in [-0.25, -0.2) is 4.68 Å². The Balaban J connectivity index is 1.69. The molecule has 3 unspecified atom stereocenters. The summed E-state index contributed by atoms with van der Waals surface area (Å²) in [7, 11) is 0. The van der Waals surface area contributed by atoms with E-state index in [0.29, 0.717) is 18.2 Å². The smallest absolute Gasteiger partial charge is 0.0997 e. The van der Waals surface area contributed by atoms with Crippen molar-refractivity contribution in [3.8, 4) is 0 Å². The molecule has 1 aromatic rings. The minimum Gasteiger partial charge on any atom is -0.373 e. The van der Waals surface area contributed by atoms with E-state index in [2.05, 4.69) is 20.3 Å². The van der Waals surface area contributed by atoms with Crippen LogP contribution in [0.15, 0.2) is 0 Å². The fraction of sp³-hybridized carbons (Fsp3) is 0.818. The molecule has 5 heteroatoms. The van der Waals surface area contributed by atoms with Crippen LogP contribution in [0.3, 0.4) is 0 Å². The Labute approximate surface area is 94.2 Å². The van der Waals surface area contributed by atoms with Gasteiger partial charge in [-0.2, -0.15) is 0 Å². The molecule has 86 valence electrons. The molecule has 1 N–H and O–H groups in total. The van der Waals surface area contributed by atoms with Gasteiger partial charge in [0.15, 0.2) is 0 Å². The second-order valence-electron chi connectivity index (χ2n) is 5.03. The van der Waals surface area contributed by atoms with Crippen LogP contribution in [0.2, 0.25) is 0 Å². The first-order valence-corrected chi connectivity index (χ1v) is 6.21. The van der Waals surface area contributed by atoms with Crippen molar-refractivity contribution in [1.29, 1.82) is 0 Å². The summed E-state index contributed by atoms with van der Waals surface area (Å²) in [5, 5.41) is 12.0. The third-order valence-corrected chi connectivity index (χ3v) is 4.09. The lowest BCUT2D eigenvalue weighted by molar-refractivity contribution is 0.0915. The van der Waals surface area contributed by atoms with Gasteiger partial charge in [0.25, 0.3) is 0 Å². The van der Waals surface area contributed by atoms with Crippen molar-refractivity contribution in [3.63, 3.8) is 0 Å². The van der Waals surface area contributed by atoms with Crippen molar-refractivity contribution in [3.05, 3.63) is 11.4 Å². The average molecular weight is 220 g/mol. The molecular weight excluding hydrogens is 204 g/mol. The Bertz CT molecular complexity index is 416. The fourth-order valence-corrected chi connectivity index (χ4v) is 3.29. The second-order valence-corrected chi connectivity index (χ2v) is 5.03. The number of fused-ring (bicyclic) bond motifs is 3. The molecule has 3 aliphatic heterocycles. The van der Waals surface area contributed by atoms with Crippen LogP contribution in [0, 0.1) is 0 Å². The number of nitrogens with zero attached hydrogens (tertiary/aromatic N) is 3. The van der Waals surface area contributed by atoms with Gasteiger partial charge in [0, 0.05) is 19.5 Å². The SMILES string of the molecule is C1Cc2c(nnn2C2CC3CCC2O3)CN1. The molecule has 3 atom stereocenters. The van der Waals surface area contributed by atoms with E-state index >= 15 is 0 Å². The first kappa shape index (κ1) is 9.13. The van der Waals surface area contributed by atoms with Gasteiger partial charge < -0.3 is 10.1 Å². The fourth-order valence-electron chi connectivity index (χ4n) is 3.29. The molecule has 0 aliphatic carbocycles. The lowest BCUT2D eigenvalue weighted by atomic mass is 9.95. The number of nitrogens with one attached hydrogen (secondary N) is 1. The van der Waals surface area contributed by atoms with Gasteiger partial charge in [0.2, 0.25) is 0 Å². The van der Waals surface area contributed by atoms with Crippen molar-refractivity contribution in [2.24, 2.45) is 0 Å². The summed E-state index contributed by atoms with van der Waals surface area (Å²) in [6.07, 6.45) is 5.49. The third kappa shape index (κ3) is 1.18. The van der Waals surface area contributed by atoms with Crippen LogP contribution < -0.4 is 5.32 Å². The van der Waals surface area contributed by atoms with Crippen LogP contribution in [-0.4, -0.2) is 33.7 Å². The van der Waals surface area contributed by atoms with Crippen molar-refractivity contribution < 1.29 is 4.74 Å². The lowest BCUT2D eigenvalue weighted by Gasteiger charge is -2.22. The minimum atomic E-state index is 0.394. The number of hydrogen-bond donors (Lipinski definition) is 1. The molecule has 0 amide bonds. The molecule has 4 rings (SSSR count). The van der Waals surface area contributed by atoms with Crippen LogP contribution in [0.25, 0.3) is 0 Å². The highest BCUT2D eigenvalue weighted by Gasteiger charge is 2.43. The first-order valence-electron chi connectivity index (χ1n) is 6.21. The molecule has 3 aliphatic rings. The van der Waals surface area contributed by atoms with Gasteiger partial charge in [0.1, 0.15) is 0 Å². The highest BCUT2D eigenvalue weighted by Crippen LogP contribution is 2.42. The Morgan fingerprint density at radius 2 is 2.38 bits per heavy atom. The quantitative estimate of drug-likeness (QED) is 0.745. The molecule has 4 heterocycles. The van der Waals surface area contributed by atoms with Crippen LogP contribution in [-0.2, 0) is 17.7 Å². The average Bonchev–Trinajstić information content (AvgIpc) is 3.03. The van der Waals surface area contributed by atoms with Gasteiger partial charge in [-0.1, -0.05) is 5.21 Å². The number of rotatable bonds is 1. The summed E-state index contributed by atoms with van der Waals surface area (Å²) in [6, 6.07) is 0.452. The summed E-state index contributed by atoms with van der Waals surface area (Å²) >= 11 is 0. The summed E-state index contributed by atoms with van der Waals surface area (Å²) in [5.41, 5.74) is 2.47. The minimum absolute atomic E-state index is 0.394. The van der Waals surface area contributed by atoms with Crippen molar-refractivity contribution in [2.45, 2.75) is 50.5 Å². The predicted octanol–water partition coefficient (Wildman–Crippen LogP) is 0.416. The van der Waals surface area contributed by atoms with Crippen molar-refractivity contribution in [2.75, 3.05) is 6.54 Å². The van der Waals surface area contributed by atoms with E-state index in [0.717, 1.165) is 31.6 Å². The number of ether oxygens (including phenoxy) is 1. The van der Waals surface area contributed by atoms with E-state index in [1.807, 2.05) is 0 Å². The second kappa shape index (κ2) is 3.28. The highest BCUT2D eigenvalue weighted by molar-refractivity contribution is 5.15. The van der Waals surface area contributed by atoms with E-state index in [9.17, 15) is 0 Å². The van der Waals surface area contributed by atoms with E-state index < -0.39 is 0 Å². The molecule has 0 radical (unpaired) electrons. The first-order chi connectivity index (χ1) is 7.92. The summed E-state index contributed by atoms with van der Waals surface area (Å²) in [5.74, 6) is 0. The summed E-state index contributed by atoms with van der Waals surface area (Å²) < 4.78 is 8.05. The van der Waals surface area contributed by atoms with Crippen molar-refractivity contribution in [1.82, 2.24) is 20.3 Å². The largest absolute Gasteiger partial charge is 0.373 e. The Kier molecular flexibility index (Phi) is 1.87. The number of hydrogen-bond acceptors (Lipinski definition) is 4. The van der Waals surface area contributed by atoms with Gasteiger partial charge in [-0.15, -0.1) is 5.10 Å².